The van der Waals surface area contributed by atoms with E-state index in [1.807, 2.05) is 32.1 Å². The van der Waals surface area contributed by atoms with Gasteiger partial charge >= 0.3 is 5.97 Å². The molecule has 25 heavy (non-hydrogen) atoms. The molecule has 1 unspecified atom stereocenters. The van der Waals surface area contributed by atoms with Crippen LogP contribution in [0.25, 0.3) is 0 Å². The molecule has 1 fully saturated rings. The van der Waals surface area contributed by atoms with Gasteiger partial charge in [-0.1, -0.05) is 25.1 Å². The molecule has 3 nitrogen and oxygen atoms in total. The van der Waals surface area contributed by atoms with Crippen LogP contribution < -0.4 is 0 Å². The summed E-state index contributed by atoms with van der Waals surface area (Å²) in [6.45, 7) is 9.93. The Hall–Kier alpha value is -1.77. The second-order valence-corrected chi connectivity index (χ2v) is 8.06. The summed E-state index contributed by atoms with van der Waals surface area (Å²) in [4.78, 5) is 12.9. The van der Waals surface area contributed by atoms with Gasteiger partial charge in [0.15, 0.2) is 0 Å². The van der Waals surface area contributed by atoms with Crippen LogP contribution in [0.3, 0.4) is 0 Å². The molecule has 1 aromatic carbocycles. The Morgan fingerprint density at radius 3 is 2.44 bits per heavy atom. The molecule has 1 aliphatic carbocycles. The number of carbonyl (C=O) groups excluding carboxylic acids is 1. The fourth-order valence-corrected chi connectivity index (χ4v) is 3.91. The van der Waals surface area contributed by atoms with Gasteiger partial charge in [0.2, 0.25) is 0 Å². The minimum Gasteiger partial charge on any atom is -0.508 e. The number of hydrogen-bond donors (Lipinski definition) is 1. The number of carbonyl (C=O) groups is 1. The molecule has 1 saturated carbocycles. The summed E-state index contributed by atoms with van der Waals surface area (Å²) in [6.07, 6.45) is 8.41. The summed E-state index contributed by atoms with van der Waals surface area (Å²) >= 11 is 0. The molecular weight excluding hydrogens is 312 g/mol. The van der Waals surface area contributed by atoms with E-state index in [1.54, 1.807) is 12.1 Å². The zero-order chi connectivity index (χ0) is 18.5. The van der Waals surface area contributed by atoms with Crippen molar-refractivity contribution in [3.8, 4) is 5.75 Å². The molecule has 0 radical (unpaired) electrons. The maximum absolute atomic E-state index is 12.9. The Bertz CT molecular complexity index is 580. The van der Waals surface area contributed by atoms with Crippen LogP contribution in [0.4, 0.5) is 0 Å². The van der Waals surface area contributed by atoms with Crippen LogP contribution in [-0.2, 0) is 9.53 Å². The first-order valence-corrected chi connectivity index (χ1v) is 9.45. The Labute approximate surface area is 152 Å². The normalized spacial score (nSPS) is 17.9. The van der Waals surface area contributed by atoms with E-state index in [9.17, 15) is 9.90 Å². The van der Waals surface area contributed by atoms with Crippen LogP contribution in [0.1, 0.15) is 77.2 Å². The van der Waals surface area contributed by atoms with Crippen LogP contribution in [0.5, 0.6) is 5.75 Å². The molecule has 2 rings (SSSR count). The van der Waals surface area contributed by atoms with Crippen molar-refractivity contribution in [2.75, 3.05) is 0 Å². The zero-order valence-corrected chi connectivity index (χ0v) is 15.9. The Morgan fingerprint density at radius 1 is 1.32 bits per heavy atom. The van der Waals surface area contributed by atoms with E-state index < -0.39 is 5.41 Å². The lowest BCUT2D eigenvalue weighted by Crippen LogP contribution is -2.38. The summed E-state index contributed by atoms with van der Waals surface area (Å²) in [6, 6.07) is 7.31. The Balaban J connectivity index is 2.08. The molecule has 0 amide bonds. The molecule has 1 aromatic rings. The number of hydrogen-bond acceptors (Lipinski definition) is 3. The van der Waals surface area contributed by atoms with Crippen LogP contribution >= 0.6 is 0 Å². The molecule has 1 atom stereocenters. The van der Waals surface area contributed by atoms with Crippen molar-refractivity contribution in [2.45, 2.75) is 77.2 Å². The van der Waals surface area contributed by atoms with Crippen LogP contribution in [-0.4, -0.2) is 16.7 Å². The lowest BCUT2D eigenvalue weighted by molar-refractivity contribution is -0.170. The number of aromatic hydroxyl groups is 1. The summed E-state index contributed by atoms with van der Waals surface area (Å²) in [5, 5.41) is 9.49. The number of benzene rings is 1. The van der Waals surface area contributed by atoms with E-state index in [2.05, 4.69) is 13.5 Å². The smallest absolute Gasteiger partial charge is 0.312 e. The highest BCUT2D eigenvalue weighted by Crippen LogP contribution is 2.41. The lowest BCUT2D eigenvalue weighted by atomic mass is 9.78. The van der Waals surface area contributed by atoms with Crippen LogP contribution in [0.2, 0.25) is 0 Å². The van der Waals surface area contributed by atoms with Gasteiger partial charge < -0.3 is 9.84 Å². The molecule has 138 valence electrons. The Kier molecular flexibility index (Phi) is 6.31. The van der Waals surface area contributed by atoms with Crippen LogP contribution in [0, 0.1) is 5.41 Å². The van der Waals surface area contributed by atoms with Gasteiger partial charge in [-0.3, -0.25) is 4.79 Å². The first-order valence-electron chi connectivity index (χ1n) is 9.45. The number of esters is 1. The first kappa shape index (κ1) is 19.6. The summed E-state index contributed by atoms with van der Waals surface area (Å²) in [5.74, 6) is 0.431. The third-order valence-electron chi connectivity index (χ3n) is 5.51. The van der Waals surface area contributed by atoms with Crippen molar-refractivity contribution < 1.29 is 14.6 Å². The predicted molar refractivity (Wildman–Crippen MR) is 102 cm³/mol. The van der Waals surface area contributed by atoms with E-state index in [4.69, 9.17) is 4.74 Å². The molecule has 0 bridgehead atoms. The van der Waals surface area contributed by atoms with Crippen molar-refractivity contribution in [1.82, 2.24) is 0 Å². The second-order valence-electron chi connectivity index (χ2n) is 8.06. The van der Waals surface area contributed by atoms with Gasteiger partial charge in [-0.15, -0.1) is 6.58 Å². The quantitative estimate of drug-likeness (QED) is 0.483. The molecule has 0 aromatic heterocycles. The van der Waals surface area contributed by atoms with Crippen molar-refractivity contribution >= 4 is 5.97 Å². The van der Waals surface area contributed by atoms with Crippen molar-refractivity contribution in [2.24, 2.45) is 5.41 Å². The van der Waals surface area contributed by atoms with Gasteiger partial charge in [0.05, 0.1) is 5.41 Å². The standard InChI is InChI=1S/C22H32O3/c1-5-13-22(14-7-8-15-22)25-20(24)21(3,4)16-17(6-2)18-9-11-19(23)12-10-18/h5,9-12,17,23H,1,6-8,13-16H2,2-4H3. The molecular formula is C22H32O3. The fourth-order valence-electron chi connectivity index (χ4n) is 3.91. The number of phenols is 1. The molecule has 1 aliphatic rings. The van der Waals surface area contributed by atoms with E-state index in [1.165, 1.54) is 0 Å². The van der Waals surface area contributed by atoms with Crippen molar-refractivity contribution in [3.05, 3.63) is 42.5 Å². The SMILES string of the molecule is C=CCC1(OC(=O)C(C)(C)CC(CC)c2ccc(O)cc2)CCCC1. The summed E-state index contributed by atoms with van der Waals surface area (Å²) < 4.78 is 6.05. The third-order valence-corrected chi connectivity index (χ3v) is 5.51. The van der Waals surface area contributed by atoms with Gasteiger partial charge in [0.1, 0.15) is 11.4 Å². The van der Waals surface area contributed by atoms with Gasteiger partial charge in [0.25, 0.3) is 0 Å². The average Bonchev–Trinajstić information content (AvgIpc) is 3.02. The maximum atomic E-state index is 12.9. The highest BCUT2D eigenvalue weighted by atomic mass is 16.6. The fraction of sp³-hybridized carbons (Fsp3) is 0.591. The van der Waals surface area contributed by atoms with E-state index in [0.717, 1.165) is 50.5 Å². The van der Waals surface area contributed by atoms with E-state index in [0.29, 0.717) is 0 Å². The highest BCUT2D eigenvalue weighted by Gasteiger charge is 2.41. The van der Waals surface area contributed by atoms with Gasteiger partial charge in [0, 0.05) is 6.42 Å². The second kappa shape index (κ2) is 8.07. The number of phenolic OH excluding ortho intramolecular Hbond substituents is 1. The summed E-state index contributed by atoms with van der Waals surface area (Å²) in [5.41, 5.74) is 0.272. The van der Waals surface area contributed by atoms with Gasteiger partial charge in [-0.2, -0.15) is 0 Å². The zero-order valence-electron chi connectivity index (χ0n) is 15.9. The largest absolute Gasteiger partial charge is 0.508 e. The summed E-state index contributed by atoms with van der Waals surface area (Å²) in [7, 11) is 0. The van der Waals surface area contributed by atoms with Crippen molar-refractivity contribution in [3.63, 3.8) is 0 Å². The lowest BCUT2D eigenvalue weighted by Gasteiger charge is -2.34. The molecule has 0 aliphatic heterocycles. The first-order chi connectivity index (χ1) is 11.8. The van der Waals surface area contributed by atoms with Crippen molar-refractivity contribution in [1.29, 1.82) is 0 Å². The van der Waals surface area contributed by atoms with E-state index in [-0.39, 0.29) is 23.2 Å². The monoisotopic (exact) mass is 344 g/mol. The average molecular weight is 344 g/mol. The molecule has 0 saturated heterocycles. The number of ether oxygens (including phenoxy) is 1. The number of rotatable bonds is 8. The topological polar surface area (TPSA) is 46.5 Å². The molecule has 0 spiro atoms. The Morgan fingerprint density at radius 2 is 1.92 bits per heavy atom. The third kappa shape index (κ3) is 4.87. The highest BCUT2D eigenvalue weighted by molar-refractivity contribution is 5.76. The maximum Gasteiger partial charge on any atom is 0.312 e. The van der Waals surface area contributed by atoms with E-state index >= 15 is 0 Å². The molecule has 0 heterocycles. The van der Waals surface area contributed by atoms with Gasteiger partial charge in [-0.05, 0) is 76.0 Å². The molecule has 3 heteroatoms. The minimum atomic E-state index is -0.546. The molecule has 1 N–H and O–H groups in total. The van der Waals surface area contributed by atoms with Gasteiger partial charge in [-0.25, -0.2) is 0 Å². The minimum absolute atomic E-state index is 0.103. The van der Waals surface area contributed by atoms with Crippen LogP contribution in [0.15, 0.2) is 36.9 Å². The predicted octanol–water partition coefficient (Wildman–Crippen LogP) is 5.73.